The maximum absolute atomic E-state index is 14.0. The predicted molar refractivity (Wildman–Crippen MR) is 155 cm³/mol. The van der Waals surface area contributed by atoms with Gasteiger partial charge in [-0.05, 0) is 72.6 Å². The molecular weight excluding hydrogens is 576 g/mol. The Bertz CT molecular complexity index is 1690. The average molecular weight is 607 g/mol. The third-order valence-corrected chi connectivity index (χ3v) is 8.81. The molecule has 12 nitrogen and oxygen atoms in total. The summed E-state index contributed by atoms with van der Waals surface area (Å²) < 4.78 is 46.7. The molecule has 4 aromatic rings. The second-order valence-electron chi connectivity index (χ2n) is 9.56. The van der Waals surface area contributed by atoms with Crippen molar-refractivity contribution in [1.29, 1.82) is 0 Å². The zero-order valence-corrected chi connectivity index (χ0v) is 24.0. The third kappa shape index (κ3) is 6.48. The third-order valence-electron chi connectivity index (χ3n) is 6.94. The van der Waals surface area contributed by atoms with Crippen molar-refractivity contribution in [3.8, 4) is 22.9 Å². The number of hydroxylamine groups is 1. The van der Waals surface area contributed by atoms with Crippen LogP contribution in [0.1, 0.15) is 22.3 Å². The molecule has 0 aliphatic carbocycles. The van der Waals surface area contributed by atoms with E-state index < -0.39 is 27.9 Å². The van der Waals surface area contributed by atoms with Crippen LogP contribution in [0.15, 0.2) is 96.2 Å². The molecule has 1 aliphatic rings. The Kier molecular flexibility index (Phi) is 8.95. The monoisotopic (exact) mass is 606 g/mol. The molecule has 13 heteroatoms. The smallest absolute Gasteiger partial charge is 0.261 e. The number of amides is 2. The highest BCUT2D eigenvalue weighted by Gasteiger charge is 2.36. The normalized spacial score (nSPS) is 13.0. The zero-order chi connectivity index (χ0) is 30.4. The number of carbonyl (C=O) groups is 2. The summed E-state index contributed by atoms with van der Waals surface area (Å²) in [5.74, 6) is 0.0402. The molecule has 224 valence electrons. The van der Waals surface area contributed by atoms with E-state index >= 15 is 0 Å². The Hall–Kier alpha value is -4.85. The van der Waals surface area contributed by atoms with Crippen molar-refractivity contribution < 1.29 is 37.4 Å². The van der Waals surface area contributed by atoms with Crippen molar-refractivity contribution >= 4 is 21.8 Å². The number of nitrogens with one attached hydrogen (secondary N) is 2. The summed E-state index contributed by atoms with van der Waals surface area (Å²) >= 11 is 0. The van der Waals surface area contributed by atoms with E-state index in [1.807, 2.05) is 30.6 Å². The Morgan fingerprint density at radius 1 is 1.00 bits per heavy atom. The quantitative estimate of drug-likeness (QED) is 0.165. The SMILES string of the molecule is COc1ccc(S(=O)(=O)N(Cc2ccc3c(c2)OCO3)[C@H](CCNC(=O)c2ccccc2-n2cccc2)C(=O)NO)cc1. The number of para-hydroxylation sites is 1. The first-order valence-electron chi connectivity index (χ1n) is 13.3. The summed E-state index contributed by atoms with van der Waals surface area (Å²) in [6.07, 6.45) is 3.47. The molecule has 0 spiro atoms. The molecular formula is C30H30N4O8S. The molecule has 1 aromatic heterocycles. The number of benzene rings is 3. The van der Waals surface area contributed by atoms with Crippen LogP contribution in [-0.2, 0) is 21.4 Å². The highest BCUT2D eigenvalue weighted by atomic mass is 32.2. The van der Waals surface area contributed by atoms with Crippen molar-refractivity contribution in [3.63, 3.8) is 0 Å². The Morgan fingerprint density at radius 2 is 1.72 bits per heavy atom. The molecule has 2 heterocycles. The van der Waals surface area contributed by atoms with E-state index in [4.69, 9.17) is 14.2 Å². The van der Waals surface area contributed by atoms with Gasteiger partial charge in [-0.1, -0.05) is 18.2 Å². The first-order valence-corrected chi connectivity index (χ1v) is 14.7. The first kappa shape index (κ1) is 29.6. The lowest BCUT2D eigenvalue weighted by Crippen LogP contribution is -2.49. The lowest BCUT2D eigenvalue weighted by Gasteiger charge is -2.30. The Balaban J connectivity index is 1.42. The molecule has 1 aliphatic heterocycles. The van der Waals surface area contributed by atoms with Crippen LogP contribution in [0.25, 0.3) is 5.69 Å². The van der Waals surface area contributed by atoms with E-state index in [0.717, 1.165) is 4.31 Å². The van der Waals surface area contributed by atoms with Crippen LogP contribution in [0.4, 0.5) is 0 Å². The Morgan fingerprint density at radius 3 is 2.44 bits per heavy atom. The van der Waals surface area contributed by atoms with E-state index in [9.17, 15) is 23.2 Å². The number of fused-ring (bicyclic) bond motifs is 1. The molecule has 3 N–H and O–H groups in total. The van der Waals surface area contributed by atoms with Crippen molar-refractivity contribution in [2.75, 3.05) is 20.4 Å². The van der Waals surface area contributed by atoms with Gasteiger partial charge >= 0.3 is 0 Å². The fourth-order valence-corrected chi connectivity index (χ4v) is 6.35. The number of aromatic nitrogens is 1. The first-order chi connectivity index (χ1) is 20.8. The number of rotatable bonds is 12. The summed E-state index contributed by atoms with van der Waals surface area (Å²) in [7, 11) is -2.85. The van der Waals surface area contributed by atoms with E-state index in [-0.39, 0.29) is 31.2 Å². The lowest BCUT2D eigenvalue weighted by atomic mass is 10.1. The molecule has 3 aromatic carbocycles. The molecule has 0 saturated carbocycles. The molecule has 0 radical (unpaired) electrons. The number of ether oxygens (including phenoxy) is 3. The minimum atomic E-state index is -4.31. The van der Waals surface area contributed by atoms with Gasteiger partial charge in [0.2, 0.25) is 16.8 Å². The molecule has 0 unspecified atom stereocenters. The van der Waals surface area contributed by atoms with Gasteiger partial charge < -0.3 is 24.1 Å². The zero-order valence-electron chi connectivity index (χ0n) is 23.2. The van der Waals surface area contributed by atoms with Crippen LogP contribution in [0, 0.1) is 0 Å². The van der Waals surface area contributed by atoms with Gasteiger partial charge in [0.1, 0.15) is 11.8 Å². The number of methoxy groups -OCH3 is 1. The molecule has 0 saturated heterocycles. The van der Waals surface area contributed by atoms with Gasteiger partial charge in [0.15, 0.2) is 11.5 Å². The summed E-state index contributed by atoms with van der Waals surface area (Å²) in [5, 5.41) is 12.4. The van der Waals surface area contributed by atoms with Gasteiger partial charge in [-0.25, -0.2) is 13.9 Å². The van der Waals surface area contributed by atoms with Crippen molar-refractivity contribution in [1.82, 2.24) is 19.7 Å². The summed E-state index contributed by atoms with van der Waals surface area (Å²) in [4.78, 5) is 26.1. The lowest BCUT2D eigenvalue weighted by molar-refractivity contribution is -0.133. The van der Waals surface area contributed by atoms with Gasteiger partial charge in [0.05, 0.1) is 23.3 Å². The summed E-state index contributed by atoms with van der Waals surface area (Å²) in [5.41, 5.74) is 3.15. The molecule has 1 atom stereocenters. The van der Waals surface area contributed by atoms with E-state index in [0.29, 0.717) is 34.1 Å². The number of nitrogens with zero attached hydrogens (tertiary/aromatic N) is 2. The van der Waals surface area contributed by atoms with Crippen LogP contribution in [0.3, 0.4) is 0 Å². The van der Waals surface area contributed by atoms with Gasteiger partial charge in [-0.3, -0.25) is 14.8 Å². The average Bonchev–Trinajstić information content (AvgIpc) is 3.74. The van der Waals surface area contributed by atoms with Crippen LogP contribution in [-0.4, -0.2) is 60.8 Å². The number of hydrogen-bond donors (Lipinski definition) is 3. The fraction of sp³-hybridized carbons (Fsp3) is 0.200. The standard InChI is InChI=1S/C30H30N4O8S/c1-40-22-9-11-23(12-10-22)43(38,39)34(19-21-8-13-27-28(18-21)42-20-41-27)26(30(36)32-37)14-15-31-29(35)24-6-2-3-7-25(24)33-16-4-5-17-33/h2-13,16-18,26,37H,14-15,19-20H2,1H3,(H,31,35)(H,32,36)/t26-/m1/s1. The summed E-state index contributed by atoms with van der Waals surface area (Å²) in [6.45, 7) is -0.282. The minimum absolute atomic E-state index is 0.0371. The van der Waals surface area contributed by atoms with Crippen LogP contribution in [0.5, 0.6) is 17.2 Å². The van der Waals surface area contributed by atoms with Gasteiger partial charge in [0.25, 0.3) is 11.8 Å². The fourth-order valence-electron chi connectivity index (χ4n) is 4.75. The second kappa shape index (κ2) is 13.0. The van der Waals surface area contributed by atoms with Crippen LogP contribution in [0.2, 0.25) is 0 Å². The van der Waals surface area contributed by atoms with Crippen LogP contribution < -0.4 is 25.0 Å². The second-order valence-corrected chi connectivity index (χ2v) is 11.4. The van der Waals surface area contributed by atoms with Crippen LogP contribution >= 0.6 is 0 Å². The van der Waals surface area contributed by atoms with Gasteiger partial charge in [-0.15, -0.1) is 0 Å². The molecule has 2 amide bonds. The highest BCUT2D eigenvalue weighted by molar-refractivity contribution is 7.89. The molecule has 0 bridgehead atoms. The number of hydrogen-bond acceptors (Lipinski definition) is 8. The largest absolute Gasteiger partial charge is 0.497 e. The minimum Gasteiger partial charge on any atom is -0.497 e. The van der Waals surface area contributed by atoms with Gasteiger partial charge in [-0.2, -0.15) is 4.31 Å². The van der Waals surface area contributed by atoms with E-state index in [1.165, 1.54) is 31.4 Å². The van der Waals surface area contributed by atoms with Gasteiger partial charge in [0, 0.05) is 25.5 Å². The maximum Gasteiger partial charge on any atom is 0.261 e. The van der Waals surface area contributed by atoms with E-state index in [2.05, 4.69) is 5.32 Å². The maximum atomic E-state index is 14.0. The van der Waals surface area contributed by atoms with Crippen molar-refractivity contribution in [3.05, 3.63) is 102 Å². The predicted octanol–water partition coefficient (Wildman–Crippen LogP) is 3.10. The Labute approximate surface area is 248 Å². The van der Waals surface area contributed by atoms with E-state index in [1.54, 1.807) is 46.4 Å². The highest BCUT2D eigenvalue weighted by Crippen LogP contribution is 2.34. The molecule has 43 heavy (non-hydrogen) atoms. The summed E-state index contributed by atoms with van der Waals surface area (Å²) in [6, 6.07) is 20.0. The molecule has 0 fully saturated rings. The topological polar surface area (TPSA) is 148 Å². The van der Waals surface area contributed by atoms with Crippen molar-refractivity contribution in [2.45, 2.75) is 23.9 Å². The number of sulfonamides is 1. The molecule has 5 rings (SSSR count). The number of carbonyl (C=O) groups excluding carboxylic acids is 2. The van der Waals surface area contributed by atoms with Crippen molar-refractivity contribution in [2.24, 2.45) is 0 Å².